The van der Waals surface area contributed by atoms with E-state index < -0.39 is 28.5 Å². The third kappa shape index (κ3) is 7.28. The van der Waals surface area contributed by atoms with E-state index >= 15 is 0 Å². The molecule has 38 heavy (non-hydrogen) atoms. The Bertz CT molecular complexity index is 1380. The number of nitrogens with one attached hydrogen (secondary N) is 1. The highest BCUT2D eigenvalue weighted by molar-refractivity contribution is 7.92. The SMILES string of the molecule is Cc1cc(Cl)ccc1N(CC(=O)N(Cc1ccc(Cl)cc1)[C@@H](C)C(=O)NC(C)C)S(=O)(=O)c1ccccc1. The van der Waals surface area contributed by atoms with Crippen molar-refractivity contribution in [2.45, 2.75) is 51.2 Å². The van der Waals surface area contributed by atoms with E-state index in [-0.39, 0.29) is 23.4 Å². The molecule has 0 aromatic heterocycles. The summed E-state index contributed by atoms with van der Waals surface area (Å²) in [5.74, 6) is -0.886. The molecule has 3 aromatic carbocycles. The highest BCUT2D eigenvalue weighted by atomic mass is 35.5. The van der Waals surface area contributed by atoms with Gasteiger partial charge >= 0.3 is 0 Å². The fourth-order valence-electron chi connectivity index (χ4n) is 3.91. The monoisotopic (exact) mass is 575 g/mol. The molecule has 3 rings (SSSR count). The molecule has 10 heteroatoms. The minimum Gasteiger partial charge on any atom is -0.352 e. The van der Waals surface area contributed by atoms with Gasteiger partial charge in [-0.3, -0.25) is 13.9 Å². The van der Waals surface area contributed by atoms with E-state index in [1.807, 2.05) is 13.8 Å². The minimum atomic E-state index is -4.14. The molecule has 0 aliphatic rings. The minimum absolute atomic E-state index is 0.0389. The zero-order valence-electron chi connectivity index (χ0n) is 21.7. The summed E-state index contributed by atoms with van der Waals surface area (Å²) in [6, 6.07) is 18.6. The summed E-state index contributed by atoms with van der Waals surface area (Å²) in [5, 5.41) is 3.81. The van der Waals surface area contributed by atoms with Gasteiger partial charge in [-0.1, -0.05) is 53.5 Å². The molecule has 1 N–H and O–H groups in total. The molecule has 0 unspecified atom stereocenters. The lowest BCUT2D eigenvalue weighted by Crippen LogP contribution is -2.52. The number of sulfonamides is 1. The van der Waals surface area contributed by atoms with Gasteiger partial charge in [0.1, 0.15) is 12.6 Å². The Labute approximate surface area is 234 Å². The first-order chi connectivity index (χ1) is 17.9. The molecule has 0 heterocycles. The third-order valence-corrected chi connectivity index (χ3v) is 8.16. The van der Waals surface area contributed by atoms with Crippen LogP contribution in [0.4, 0.5) is 5.69 Å². The van der Waals surface area contributed by atoms with Crippen LogP contribution in [0.25, 0.3) is 0 Å². The predicted molar refractivity (Wildman–Crippen MR) is 152 cm³/mol. The molecule has 0 aliphatic carbocycles. The van der Waals surface area contributed by atoms with Crippen LogP contribution in [0.1, 0.15) is 31.9 Å². The van der Waals surface area contributed by atoms with E-state index in [2.05, 4.69) is 5.32 Å². The van der Waals surface area contributed by atoms with E-state index in [1.165, 1.54) is 17.0 Å². The molecule has 7 nitrogen and oxygen atoms in total. The number of amides is 2. The smallest absolute Gasteiger partial charge is 0.264 e. The number of halogens is 2. The molecular weight excluding hydrogens is 545 g/mol. The van der Waals surface area contributed by atoms with Gasteiger partial charge in [-0.05, 0) is 81.3 Å². The summed E-state index contributed by atoms with van der Waals surface area (Å²) >= 11 is 12.2. The first-order valence-corrected chi connectivity index (χ1v) is 14.3. The Morgan fingerprint density at radius 2 is 1.50 bits per heavy atom. The Hall–Kier alpha value is -3.07. The molecule has 3 aromatic rings. The lowest BCUT2D eigenvalue weighted by Gasteiger charge is -2.32. The molecule has 0 bridgehead atoms. The third-order valence-electron chi connectivity index (χ3n) is 5.90. The number of hydrogen-bond acceptors (Lipinski definition) is 4. The number of hydrogen-bond donors (Lipinski definition) is 1. The Balaban J connectivity index is 2.05. The maximum absolute atomic E-state index is 13.9. The zero-order chi connectivity index (χ0) is 28.0. The van der Waals surface area contributed by atoms with Crippen molar-refractivity contribution in [1.29, 1.82) is 0 Å². The van der Waals surface area contributed by atoms with Crippen LogP contribution in [0.15, 0.2) is 77.7 Å². The molecule has 0 saturated carbocycles. The Morgan fingerprint density at radius 3 is 2.08 bits per heavy atom. The fraction of sp³-hybridized carbons (Fsp3) is 0.286. The Morgan fingerprint density at radius 1 is 0.895 bits per heavy atom. The second-order valence-corrected chi connectivity index (χ2v) is 12.0. The molecule has 0 radical (unpaired) electrons. The van der Waals surface area contributed by atoms with Gasteiger partial charge in [0.25, 0.3) is 10.0 Å². The second-order valence-electron chi connectivity index (χ2n) is 9.24. The standard InChI is InChI=1S/C28H31Cl2N3O4S/c1-19(2)31-28(35)21(4)32(17-22-10-12-23(29)13-11-22)27(34)18-33(26-15-14-24(30)16-20(26)3)38(36,37)25-8-6-5-7-9-25/h5-16,19,21H,17-18H2,1-4H3,(H,31,35)/t21-/m0/s1. The van der Waals surface area contributed by atoms with Crippen LogP contribution in [-0.2, 0) is 26.2 Å². The van der Waals surface area contributed by atoms with Crippen LogP contribution in [0.5, 0.6) is 0 Å². The summed E-state index contributed by atoms with van der Waals surface area (Å²) in [4.78, 5) is 28.2. The fourth-order valence-corrected chi connectivity index (χ4v) is 5.76. The van der Waals surface area contributed by atoms with Crippen molar-refractivity contribution in [3.63, 3.8) is 0 Å². The van der Waals surface area contributed by atoms with Gasteiger partial charge in [0.05, 0.1) is 10.6 Å². The first kappa shape index (κ1) is 29.5. The van der Waals surface area contributed by atoms with Gasteiger partial charge in [-0.15, -0.1) is 0 Å². The summed E-state index contributed by atoms with van der Waals surface area (Å²) < 4.78 is 28.7. The van der Waals surface area contributed by atoms with E-state index in [9.17, 15) is 18.0 Å². The molecule has 0 fully saturated rings. The van der Waals surface area contributed by atoms with Crippen LogP contribution in [0.3, 0.4) is 0 Å². The maximum atomic E-state index is 13.9. The molecule has 2 amide bonds. The number of anilines is 1. The van der Waals surface area contributed by atoms with Crippen molar-refractivity contribution >= 4 is 50.7 Å². The highest BCUT2D eigenvalue weighted by Gasteiger charge is 2.33. The average molecular weight is 577 g/mol. The topological polar surface area (TPSA) is 86.8 Å². The summed E-state index contributed by atoms with van der Waals surface area (Å²) in [6.45, 7) is 6.56. The quantitative estimate of drug-likeness (QED) is 0.348. The van der Waals surface area contributed by atoms with Crippen molar-refractivity contribution in [2.24, 2.45) is 0 Å². The Kier molecular flexibility index (Phi) is 9.82. The van der Waals surface area contributed by atoms with Crippen LogP contribution < -0.4 is 9.62 Å². The number of benzene rings is 3. The highest BCUT2D eigenvalue weighted by Crippen LogP contribution is 2.29. The number of aryl methyl sites for hydroxylation is 1. The number of nitrogens with zero attached hydrogens (tertiary/aromatic N) is 2. The summed E-state index contributed by atoms with van der Waals surface area (Å²) in [5.41, 5.74) is 1.64. The van der Waals surface area contributed by atoms with Gasteiger partial charge in [0, 0.05) is 22.6 Å². The molecule has 202 valence electrons. The maximum Gasteiger partial charge on any atom is 0.264 e. The normalized spacial score (nSPS) is 12.2. The summed E-state index contributed by atoms with van der Waals surface area (Å²) in [6.07, 6.45) is 0. The van der Waals surface area contributed by atoms with E-state index in [1.54, 1.807) is 74.5 Å². The van der Waals surface area contributed by atoms with Crippen molar-refractivity contribution in [3.8, 4) is 0 Å². The van der Waals surface area contributed by atoms with Crippen molar-refractivity contribution in [3.05, 3.63) is 94.0 Å². The second kappa shape index (κ2) is 12.7. The van der Waals surface area contributed by atoms with Crippen LogP contribution >= 0.6 is 23.2 Å². The summed E-state index contributed by atoms with van der Waals surface area (Å²) in [7, 11) is -4.14. The van der Waals surface area contributed by atoms with Crippen molar-refractivity contribution in [1.82, 2.24) is 10.2 Å². The van der Waals surface area contributed by atoms with E-state index in [4.69, 9.17) is 23.2 Å². The van der Waals surface area contributed by atoms with Gasteiger partial charge in [-0.2, -0.15) is 0 Å². The van der Waals surface area contributed by atoms with Gasteiger partial charge in [0.15, 0.2) is 0 Å². The molecule has 0 saturated heterocycles. The van der Waals surface area contributed by atoms with Crippen molar-refractivity contribution < 1.29 is 18.0 Å². The predicted octanol–water partition coefficient (Wildman–Crippen LogP) is 5.44. The van der Waals surface area contributed by atoms with E-state index in [0.29, 0.717) is 21.3 Å². The largest absolute Gasteiger partial charge is 0.352 e. The van der Waals surface area contributed by atoms with Crippen LogP contribution in [-0.4, -0.2) is 43.8 Å². The van der Waals surface area contributed by atoms with Crippen molar-refractivity contribution in [2.75, 3.05) is 10.8 Å². The van der Waals surface area contributed by atoms with Gasteiger partial charge in [0.2, 0.25) is 11.8 Å². The molecular formula is C28H31Cl2N3O4S. The van der Waals surface area contributed by atoms with Crippen LogP contribution in [0.2, 0.25) is 10.0 Å². The number of rotatable bonds is 10. The lowest BCUT2D eigenvalue weighted by molar-refractivity contribution is -0.139. The molecule has 0 aliphatic heterocycles. The molecule has 0 spiro atoms. The first-order valence-electron chi connectivity index (χ1n) is 12.1. The zero-order valence-corrected chi connectivity index (χ0v) is 24.0. The number of carbonyl (C=O) groups excluding carboxylic acids is 2. The van der Waals surface area contributed by atoms with E-state index in [0.717, 1.165) is 9.87 Å². The molecule has 1 atom stereocenters. The van der Waals surface area contributed by atoms with Gasteiger partial charge < -0.3 is 10.2 Å². The van der Waals surface area contributed by atoms with Crippen LogP contribution in [0, 0.1) is 6.92 Å². The lowest BCUT2D eigenvalue weighted by atomic mass is 10.1. The number of carbonyl (C=O) groups is 2. The average Bonchev–Trinajstić information content (AvgIpc) is 2.87. The van der Waals surface area contributed by atoms with Gasteiger partial charge in [-0.25, -0.2) is 8.42 Å².